The number of nitrogens with zero attached hydrogens (tertiary/aromatic N) is 2. The highest BCUT2D eigenvalue weighted by Crippen LogP contribution is 2.40. The first-order valence-electron chi connectivity index (χ1n) is 15.6. The maximum atomic E-state index is 6.68. The second-order valence-electron chi connectivity index (χ2n) is 11.6. The van der Waals surface area contributed by atoms with Crippen molar-refractivity contribution in [3.05, 3.63) is 106 Å². The summed E-state index contributed by atoms with van der Waals surface area (Å²) in [7, 11) is 0. The molecule has 2 fully saturated rings. The van der Waals surface area contributed by atoms with Crippen LogP contribution in [0, 0.1) is 0 Å². The second kappa shape index (κ2) is 14.1. The monoisotopic (exact) mass is 630 g/mol. The van der Waals surface area contributed by atoms with E-state index in [2.05, 4.69) is 40.1 Å². The van der Waals surface area contributed by atoms with Gasteiger partial charge in [-0.15, -0.1) is 0 Å². The summed E-state index contributed by atoms with van der Waals surface area (Å²) in [5.74, 6) is 3.36. The molecule has 0 spiro atoms. The lowest BCUT2D eigenvalue weighted by Crippen LogP contribution is -2.33. The van der Waals surface area contributed by atoms with Crippen LogP contribution in [0.3, 0.4) is 0 Å². The molecule has 0 unspecified atom stereocenters. The summed E-state index contributed by atoms with van der Waals surface area (Å²) in [6.07, 6.45) is 5.71. The highest BCUT2D eigenvalue weighted by molar-refractivity contribution is 6.32. The number of benzene rings is 4. The summed E-state index contributed by atoms with van der Waals surface area (Å²) in [4.78, 5) is 4.85. The van der Waals surface area contributed by atoms with E-state index in [9.17, 15) is 0 Å². The van der Waals surface area contributed by atoms with Gasteiger partial charge in [0.15, 0.2) is 0 Å². The minimum absolute atomic E-state index is 0.390. The number of rotatable bonds is 9. The molecule has 4 aromatic rings. The third-order valence-electron chi connectivity index (χ3n) is 8.85. The van der Waals surface area contributed by atoms with Crippen molar-refractivity contribution in [2.75, 3.05) is 36.0 Å². The topological polar surface area (TPSA) is 77.0 Å². The number of piperidine rings is 2. The van der Waals surface area contributed by atoms with Crippen molar-refractivity contribution in [2.45, 2.75) is 51.1 Å². The number of nitrogens with two attached hydrogens (primary N) is 2. The molecule has 0 aromatic heterocycles. The van der Waals surface area contributed by atoms with E-state index in [1.807, 2.05) is 48.5 Å². The SMILES string of the molecule is NCc1c(Oc2ccc(Cl)cc2)cccc1N1CCC(c2ccc(Cl)c(Oc3cccc(N4CCCCC4)c3CN)c2)CC1. The standard InChI is InChI=1S/C36H40Cl2N4O2/c37-27-11-13-28(14-12-27)43-34-8-4-7-33(29(34)23-39)42-20-16-25(17-21-42)26-10-15-31(38)36(22-26)44-35-9-5-6-32(30(35)24-40)41-18-2-1-3-19-41/h4-15,22,25H,1-3,16-21,23-24,39-40H2. The molecule has 0 radical (unpaired) electrons. The molecule has 0 atom stereocenters. The van der Waals surface area contributed by atoms with Crippen molar-refractivity contribution in [1.82, 2.24) is 0 Å². The highest BCUT2D eigenvalue weighted by Gasteiger charge is 2.25. The summed E-state index contributed by atoms with van der Waals surface area (Å²) in [5, 5.41) is 1.28. The van der Waals surface area contributed by atoms with Crippen molar-refractivity contribution < 1.29 is 9.47 Å². The van der Waals surface area contributed by atoms with Crippen molar-refractivity contribution in [3.63, 3.8) is 0 Å². The van der Waals surface area contributed by atoms with Crippen molar-refractivity contribution in [3.8, 4) is 23.0 Å². The van der Waals surface area contributed by atoms with Crippen LogP contribution in [0.4, 0.5) is 11.4 Å². The van der Waals surface area contributed by atoms with Gasteiger partial charge in [-0.25, -0.2) is 0 Å². The van der Waals surface area contributed by atoms with Crippen molar-refractivity contribution in [1.29, 1.82) is 0 Å². The Balaban J connectivity index is 1.16. The quantitative estimate of drug-likeness (QED) is 0.192. The van der Waals surface area contributed by atoms with Gasteiger partial charge in [-0.1, -0.05) is 41.4 Å². The molecule has 4 N–H and O–H groups in total. The third kappa shape index (κ3) is 6.79. The van der Waals surface area contributed by atoms with Gasteiger partial charge in [0, 0.05) is 66.8 Å². The Morgan fingerprint density at radius 1 is 0.636 bits per heavy atom. The fraction of sp³-hybridized carbons (Fsp3) is 0.333. The molecule has 230 valence electrons. The van der Waals surface area contributed by atoms with Gasteiger partial charge in [-0.05, 0) is 104 Å². The van der Waals surface area contributed by atoms with E-state index in [1.54, 1.807) is 0 Å². The Bertz CT molecular complexity index is 1570. The minimum atomic E-state index is 0.390. The fourth-order valence-corrected chi connectivity index (χ4v) is 6.77. The van der Waals surface area contributed by atoms with Crippen LogP contribution >= 0.6 is 23.2 Å². The molecule has 8 heteroatoms. The normalized spacial score (nSPS) is 15.8. The molecule has 0 aliphatic carbocycles. The van der Waals surface area contributed by atoms with Gasteiger partial charge >= 0.3 is 0 Å². The molecular weight excluding hydrogens is 591 g/mol. The molecule has 44 heavy (non-hydrogen) atoms. The lowest BCUT2D eigenvalue weighted by Gasteiger charge is -2.35. The zero-order valence-corrected chi connectivity index (χ0v) is 26.5. The smallest absolute Gasteiger partial charge is 0.146 e. The van der Waals surface area contributed by atoms with Crippen LogP contribution in [0.1, 0.15) is 54.7 Å². The predicted molar refractivity (Wildman–Crippen MR) is 182 cm³/mol. The summed E-state index contributed by atoms with van der Waals surface area (Å²) in [6, 6.07) is 25.9. The predicted octanol–water partition coefficient (Wildman–Crippen LogP) is 8.87. The number of ether oxygens (including phenoxy) is 2. The zero-order valence-electron chi connectivity index (χ0n) is 25.0. The minimum Gasteiger partial charge on any atom is -0.457 e. The second-order valence-corrected chi connectivity index (χ2v) is 12.4. The fourth-order valence-electron chi connectivity index (χ4n) is 6.49. The van der Waals surface area contributed by atoms with E-state index in [0.29, 0.717) is 34.8 Å². The molecule has 0 bridgehead atoms. The molecule has 2 aliphatic rings. The van der Waals surface area contributed by atoms with E-state index in [-0.39, 0.29) is 0 Å². The Morgan fingerprint density at radius 2 is 1.23 bits per heavy atom. The summed E-state index contributed by atoms with van der Waals surface area (Å²) in [5.41, 5.74) is 18.1. The van der Waals surface area contributed by atoms with Crippen molar-refractivity contribution >= 4 is 34.6 Å². The molecular formula is C36H40Cl2N4O2. The Labute approximate surface area is 270 Å². The number of hydrogen-bond donors (Lipinski definition) is 2. The van der Waals surface area contributed by atoms with E-state index >= 15 is 0 Å². The average Bonchev–Trinajstić information content (AvgIpc) is 3.07. The van der Waals surface area contributed by atoms with Crippen LogP contribution in [0.2, 0.25) is 10.0 Å². The average molecular weight is 632 g/mol. The van der Waals surface area contributed by atoms with Gasteiger partial charge in [-0.2, -0.15) is 0 Å². The van der Waals surface area contributed by atoms with E-state index in [1.165, 1.54) is 30.5 Å². The van der Waals surface area contributed by atoms with Gasteiger partial charge in [0.2, 0.25) is 0 Å². The molecule has 0 amide bonds. The maximum Gasteiger partial charge on any atom is 0.146 e. The molecule has 6 nitrogen and oxygen atoms in total. The molecule has 0 saturated carbocycles. The van der Waals surface area contributed by atoms with Crippen molar-refractivity contribution in [2.24, 2.45) is 11.5 Å². The van der Waals surface area contributed by atoms with Crippen LogP contribution in [0.15, 0.2) is 78.9 Å². The van der Waals surface area contributed by atoms with E-state index in [0.717, 1.165) is 73.1 Å². The van der Waals surface area contributed by atoms with Gasteiger partial charge in [0.1, 0.15) is 23.0 Å². The van der Waals surface area contributed by atoms with E-state index in [4.69, 9.17) is 44.1 Å². The number of anilines is 2. The molecule has 2 saturated heterocycles. The summed E-state index contributed by atoms with van der Waals surface area (Å²) >= 11 is 12.7. The molecule has 4 aromatic carbocycles. The van der Waals surface area contributed by atoms with Gasteiger partial charge in [0.05, 0.1) is 5.02 Å². The van der Waals surface area contributed by atoms with Gasteiger partial charge in [0.25, 0.3) is 0 Å². The van der Waals surface area contributed by atoms with Gasteiger partial charge < -0.3 is 30.7 Å². The first-order chi connectivity index (χ1) is 21.5. The lowest BCUT2D eigenvalue weighted by atomic mass is 9.89. The van der Waals surface area contributed by atoms with Crippen LogP contribution in [-0.2, 0) is 13.1 Å². The van der Waals surface area contributed by atoms with Crippen LogP contribution in [-0.4, -0.2) is 26.2 Å². The number of hydrogen-bond acceptors (Lipinski definition) is 6. The molecule has 2 heterocycles. The largest absolute Gasteiger partial charge is 0.457 e. The Morgan fingerprint density at radius 3 is 1.84 bits per heavy atom. The summed E-state index contributed by atoms with van der Waals surface area (Å²) < 4.78 is 12.7. The first kappa shape index (κ1) is 30.6. The van der Waals surface area contributed by atoms with Gasteiger partial charge in [-0.3, -0.25) is 0 Å². The maximum absolute atomic E-state index is 6.68. The third-order valence-corrected chi connectivity index (χ3v) is 9.41. The highest BCUT2D eigenvalue weighted by atomic mass is 35.5. The lowest BCUT2D eigenvalue weighted by molar-refractivity contribution is 0.467. The first-order valence-corrected chi connectivity index (χ1v) is 16.3. The van der Waals surface area contributed by atoms with Crippen LogP contribution < -0.4 is 30.7 Å². The summed E-state index contributed by atoms with van der Waals surface area (Å²) in [6.45, 7) is 4.73. The Kier molecular flexibility index (Phi) is 9.82. The number of halogens is 2. The van der Waals surface area contributed by atoms with Crippen LogP contribution in [0.5, 0.6) is 23.0 Å². The Hall–Kier alpha value is -3.42. The van der Waals surface area contributed by atoms with E-state index < -0.39 is 0 Å². The zero-order chi connectivity index (χ0) is 30.5. The van der Waals surface area contributed by atoms with Crippen LogP contribution in [0.25, 0.3) is 0 Å². The molecule has 6 rings (SSSR count). The molecule has 2 aliphatic heterocycles.